The van der Waals surface area contributed by atoms with Crippen LogP contribution in [0.2, 0.25) is 0 Å². The number of pyridine rings is 2. The molecule has 0 fully saturated rings. The first-order chi connectivity index (χ1) is 19.3. The molecule has 8 aromatic rings. The molecule has 0 atom stereocenters. The van der Waals surface area contributed by atoms with E-state index in [1.807, 2.05) is 48.0 Å². The van der Waals surface area contributed by atoms with Gasteiger partial charge in [0, 0.05) is 60.0 Å². The van der Waals surface area contributed by atoms with Crippen LogP contribution < -0.4 is 0 Å². The first kappa shape index (κ1) is 22.0. The summed E-state index contributed by atoms with van der Waals surface area (Å²) in [6.45, 7) is 0. The molecule has 4 aromatic heterocycles. The van der Waals surface area contributed by atoms with Crippen LogP contribution in [0.1, 0.15) is 0 Å². The predicted octanol–water partition coefficient (Wildman–Crippen LogP) is 8.94. The molecule has 0 bridgehead atoms. The average Bonchev–Trinajstić information content (AvgIpc) is 3.40. The molecule has 0 aliphatic rings. The second kappa shape index (κ2) is 8.79. The highest BCUT2D eigenvalue weighted by Gasteiger charge is 2.13. The van der Waals surface area contributed by atoms with E-state index in [4.69, 9.17) is 19.9 Å². The molecule has 5 heteroatoms. The summed E-state index contributed by atoms with van der Waals surface area (Å²) in [6.07, 6.45) is 3.81. The monoisotopic (exact) mass is 516 g/mol. The maximum atomic E-state index is 5.01. The number of fused-ring (bicyclic) bond motifs is 6. The minimum Gasteiger partial charge on any atom is -0.245 e. The summed E-state index contributed by atoms with van der Waals surface area (Å²) in [4.78, 5) is 19.5. The molecule has 182 valence electrons. The Morgan fingerprint density at radius 3 is 1.92 bits per heavy atom. The van der Waals surface area contributed by atoms with Crippen LogP contribution in [0.4, 0.5) is 0 Å². The van der Waals surface area contributed by atoms with Gasteiger partial charge in [-0.3, -0.25) is 0 Å². The zero-order chi connectivity index (χ0) is 25.8. The van der Waals surface area contributed by atoms with E-state index in [9.17, 15) is 0 Å². The number of rotatable bonds is 3. The maximum absolute atomic E-state index is 5.01. The minimum absolute atomic E-state index is 0.598. The van der Waals surface area contributed by atoms with Crippen LogP contribution in [0.5, 0.6) is 0 Å². The molecule has 0 radical (unpaired) electrons. The topological polar surface area (TPSA) is 51.6 Å². The largest absolute Gasteiger partial charge is 0.245 e. The second-order valence-corrected chi connectivity index (χ2v) is 10.6. The van der Waals surface area contributed by atoms with E-state index >= 15 is 0 Å². The van der Waals surface area contributed by atoms with E-state index < -0.39 is 0 Å². The van der Waals surface area contributed by atoms with Crippen LogP contribution in [0.15, 0.2) is 122 Å². The van der Waals surface area contributed by atoms with Gasteiger partial charge in [0.1, 0.15) is 5.69 Å². The first-order valence-electron chi connectivity index (χ1n) is 12.8. The lowest BCUT2D eigenvalue weighted by atomic mass is 10.1. The molecule has 39 heavy (non-hydrogen) atoms. The molecule has 0 aliphatic carbocycles. The lowest BCUT2D eigenvalue weighted by molar-refractivity contribution is 1.15. The molecule has 4 nitrogen and oxygen atoms in total. The standard InChI is InChI=1S/C34H20N4S/c1-2-7-21(8-3-1)28-17-15-22-13-14-23-16-18-29(38-32(23)31(22)37-28)34-35-19-24(20-36-34)25-10-6-11-27-26-9-4-5-12-30(26)39-33(25)27/h1-20H. The lowest BCUT2D eigenvalue weighted by Crippen LogP contribution is -1.94. The zero-order valence-electron chi connectivity index (χ0n) is 20.7. The fourth-order valence-corrected chi connectivity index (χ4v) is 6.47. The van der Waals surface area contributed by atoms with Crippen molar-refractivity contribution in [2.75, 3.05) is 0 Å². The Balaban J connectivity index is 1.22. The number of hydrogen-bond donors (Lipinski definition) is 0. The fraction of sp³-hybridized carbons (Fsp3) is 0. The Labute approximate surface area is 228 Å². The SMILES string of the molecule is c1ccc(-c2ccc3ccc4ccc(-c5ncc(-c6cccc7c6sc6ccccc67)cn5)nc4c3n2)cc1. The van der Waals surface area contributed by atoms with Gasteiger partial charge in [0.2, 0.25) is 0 Å². The van der Waals surface area contributed by atoms with Crippen LogP contribution in [0.3, 0.4) is 0 Å². The number of aromatic nitrogens is 4. The molecule has 0 aliphatic heterocycles. The highest BCUT2D eigenvalue weighted by atomic mass is 32.1. The molecule has 4 aromatic carbocycles. The van der Waals surface area contributed by atoms with Gasteiger partial charge in [0.05, 0.1) is 16.7 Å². The van der Waals surface area contributed by atoms with Gasteiger partial charge in [-0.25, -0.2) is 19.9 Å². The Hall–Kier alpha value is -5.00. The summed E-state index contributed by atoms with van der Waals surface area (Å²) in [7, 11) is 0. The Bertz CT molecular complexity index is 2170. The van der Waals surface area contributed by atoms with Gasteiger partial charge < -0.3 is 0 Å². The van der Waals surface area contributed by atoms with Crippen molar-refractivity contribution >= 4 is 53.3 Å². The van der Waals surface area contributed by atoms with Crippen molar-refractivity contribution in [3.8, 4) is 33.9 Å². The van der Waals surface area contributed by atoms with Gasteiger partial charge in [-0.1, -0.05) is 91.0 Å². The molecule has 0 N–H and O–H groups in total. The lowest BCUT2D eigenvalue weighted by Gasteiger charge is -2.08. The highest BCUT2D eigenvalue weighted by molar-refractivity contribution is 7.26. The third-order valence-electron chi connectivity index (χ3n) is 7.19. The van der Waals surface area contributed by atoms with Crippen molar-refractivity contribution in [3.63, 3.8) is 0 Å². The minimum atomic E-state index is 0.598. The summed E-state index contributed by atoms with van der Waals surface area (Å²) in [5.74, 6) is 0.598. The van der Waals surface area contributed by atoms with Gasteiger partial charge in [0.15, 0.2) is 5.82 Å². The first-order valence-corrected chi connectivity index (χ1v) is 13.6. The molecular weight excluding hydrogens is 496 g/mol. The summed E-state index contributed by atoms with van der Waals surface area (Å²) < 4.78 is 2.54. The fourth-order valence-electron chi connectivity index (χ4n) is 5.24. The Morgan fingerprint density at radius 2 is 1.13 bits per heavy atom. The van der Waals surface area contributed by atoms with Gasteiger partial charge in [-0.15, -0.1) is 11.3 Å². The normalized spacial score (nSPS) is 11.6. The molecule has 4 heterocycles. The van der Waals surface area contributed by atoms with Crippen molar-refractivity contribution in [1.29, 1.82) is 0 Å². The van der Waals surface area contributed by atoms with Crippen molar-refractivity contribution in [1.82, 2.24) is 19.9 Å². The van der Waals surface area contributed by atoms with Crippen LogP contribution >= 0.6 is 11.3 Å². The highest BCUT2D eigenvalue weighted by Crippen LogP contribution is 2.39. The van der Waals surface area contributed by atoms with E-state index in [1.165, 1.54) is 20.2 Å². The van der Waals surface area contributed by atoms with E-state index in [0.717, 1.165) is 49.9 Å². The third-order valence-corrected chi connectivity index (χ3v) is 8.41. The van der Waals surface area contributed by atoms with E-state index in [1.54, 1.807) is 0 Å². The van der Waals surface area contributed by atoms with Crippen molar-refractivity contribution in [2.45, 2.75) is 0 Å². The average molecular weight is 517 g/mol. The zero-order valence-corrected chi connectivity index (χ0v) is 21.6. The number of thiophene rings is 1. The van der Waals surface area contributed by atoms with Gasteiger partial charge in [-0.05, 0) is 18.2 Å². The van der Waals surface area contributed by atoms with Gasteiger partial charge in [-0.2, -0.15) is 0 Å². The van der Waals surface area contributed by atoms with E-state index in [-0.39, 0.29) is 0 Å². The van der Waals surface area contributed by atoms with Crippen LogP contribution in [-0.4, -0.2) is 19.9 Å². The Morgan fingerprint density at radius 1 is 0.487 bits per heavy atom. The smallest absolute Gasteiger partial charge is 0.178 e. The molecule has 0 saturated heterocycles. The van der Waals surface area contributed by atoms with Crippen molar-refractivity contribution in [3.05, 3.63) is 122 Å². The summed E-state index contributed by atoms with van der Waals surface area (Å²) in [6, 6.07) is 37.6. The second-order valence-electron chi connectivity index (χ2n) is 9.54. The third kappa shape index (κ3) is 3.67. The number of benzene rings is 4. The quantitative estimate of drug-likeness (QED) is 0.220. The maximum Gasteiger partial charge on any atom is 0.178 e. The summed E-state index contributed by atoms with van der Waals surface area (Å²) >= 11 is 1.81. The van der Waals surface area contributed by atoms with E-state index in [0.29, 0.717) is 5.82 Å². The molecule has 0 unspecified atom stereocenters. The van der Waals surface area contributed by atoms with Gasteiger partial charge in [0.25, 0.3) is 0 Å². The molecule has 0 saturated carbocycles. The number of hydrogen-bond acceptors (Lipinski definition) is 5. The molecule has 0 spiro atoms. The molecule has 8 rings (SSSR count). The summed E-state index contributed by atoms with van der Waals surface area (Å²) in [5, 5.41) is 4.65. The van der Waals surface area contributed by atoms with Crippen molar-refractivity contribution in [2.24, 2.45) is 0 Å². The predicted molar refractivity (Wildman–Crippen MR) is 162 cm³/mol. The number of nitrogens with zero attached hydrogens (tertiary/aromatic N) is 4. The summed E-state index contributed by atoms with van der Waals surface area (Å²) in [5.41, 5.74) is 6.62. The molecule has 0 amide bonds. The van der Waals surface area contributed by atoms with Gasteiger partial charge >= 0.3 is 0 Å². The van der Waals surface area contributed by atoms with Crippen LogP contribution in [0, 0.1) is 0 Å². The van der Waals surface area contributed by atoms with Crippen LogP contribution in [0.25, 0.3) is 75.9 Å². The van der Waals surface area contributed by atoms with E-state index in [2.05, 4.69) is 84.9 Å². The van der Waals surface area contributed by atoms with Crippen molar-refractivity contribution < 1.29 is 0 Å². The Kier molecular flexibility index (Phi) is 4.96. The van der Waals surface area contributed by atoms with Crippen LogP contribution in [-0.2, 0) is 0 Å². The molecular formula is C34H20N4S.